The van der Waals surface area contributed by atoms with E-state index in [4.69, 9.17) is 4.74 Å². The lowest BCUT2D eigenvalue weighted by atomic mass is 10.3. The molecule has 0 unspecified atom stereocenters. The minimum atomic E-state index is -3.17. The fraction of sp³-hybridized carbons (Fsp3) is 1.00. The van der Waals surface area contributed by atoms with Gasteiger partial charge in [-0.15, -0.1) is 0 Å². The van der Waals surface area contributed by atoms with Crippen molar-refractivity contribution in [3.63, 3.8) is 0 Å². The van der Waals surface area contributed by atoms with Crippen LogP contribution in [0, 0.1) is 0 Å². The fourth-order valence-electron chi connectivity index (χ4n) is 2.73. The molecule has 1 aliphatic carbocycles. The molecule has 6 nitrogen and oxygen atoms in total. The van der Waals surface area contributed by atoms with E-state index >= 15 is 0 Å². The molecule has 0 aromatic rings. The lowest BCUT2D eigenvalue weighted by Crippen LogP contribution is -2.46. The molecule has 1 aliphatic heterocycles. The first-order valence-electron chi connectivity index (χ1n) is 7.68. The average molecular weight is 305 g/mol. The van der Waals surface area contributed by atoms with E-state index in [1.165, 1.54) is 12.8 Å². The third-order valence-corrected chi connectivity index (χ3v) is 5.33. The van der Waals surface area contributed by atoms with Crippen molar-refractivity contribution in [2.24, 2.45) is 0 Å². The number of ether oxygens (including phenoxy) is 1. The molecule has 0 atom stereocenters. The predicted molar refractivity (Wildman–Crippen MR) is 79.3 cm³/mol. The summed E-state index contributed by atoms with van der Waals surface area (Å²) in [6, 6.07) is 0. The highest BCUT2D eigenvalue weighted by Crippen LogP contribution is 2.20. The van der Waals surface area contributed by atoms with Crippen LogP contribution in [-0.4, -0.2) is 71.0 Å². The van der Waals surface area contributed by atoms with Crippen LogP contribution in [0.2, 0.25) is 0 Å². The Labute approximate surface area is 122 Å². The normalized spacial score (nSPS) is 22.4. The van der Waals surface area contributed by atoms with Gasteiger partial charge in [0.15, 0.2) is 0 Å². The second-order valence-corrected chi connectivity index (χ2v) is 7.51. The molecule has 118 valence electrons. The van der Waals surface area contributed by atoms with Crippen LogP contribution in [0.3, 0.4) is 0 Å². The van der Waals surface area contributed by atoms with Crippen molar-refractivity contribution in [3.8, 4) is 0 Å². The number of nitrogens with one attached hydrogen (secondary N) is 2. The summed E-state index contributed by atoms with van der Waals surface area (Å²) in [7, 11) is -3.17. The number of hydrogen-bond acceptors (Lipinski definition) is 5. The summed E-state index contributed by atoms with van der Waals surface area (Å²) in [6.07, 6.45) is 5.06. The fourth-order valence-corrected chi connectivity index (χ4v) is 3.77. The SMILES string of the molecule is O=S(=O)(CCN1CCNCC1)NCCOC1CCCC1. The first-order chi connectivity index (χ1) is 9.66. The van der Waals surface area contributed by atoms with Crippen molar-refractivity contribution >= 4 is 10.0 Å². The van der Waals surface area contributed by atoms with Gasteiger partial charge >= 0.3 is 0 Å². The van der Waals surface area contributed by atoms with E-state index in [0.29, 0.717) is 25.8 Å². The molecule has 2 aliphatic rings. The maximum absolute atomic E-state index is 11.9. The van der Waals surface area contributed by atoms with Gasteiger partial charge in [-0.2, -0.15) is 0 Å². The highest BCUT2D eigenvalue weighted by molar-refractivity contribution is 7.89. The van der Waals surface area contributed by atoms with Crippen LogP contribution in [0.15, 0.2) is 0 Å². The van der Waals surface area contributed by atoms with Gasteiger partial charge in [0.2, 0.25) is 10.0 Å². The summed E-state index contributed by atoms with van der Waals surface area (Å²) < 4.78 is 32.0. The van der Waals surface area contributed by atoms with Crippen molar-refractivity contribution in [2.45, 2.75) is 31.8 Å². The van der Waals surface area contributed by atoms with E-state index in [1.807, 2.05) is 0 Å². The van der Waals surface area contributed by atoms with Gasteiger partial charge in [-0.1, -0.05) is 12.8 Å². The van der Waals surface area contributed by atoms with Crippen LogP contribution < -0.4 is 10.0 Å². The van der Waals surface area contributed by atoms with Gasteiger partial charge in [-0.05, 0) is 12.8 Å². The van der Waals surface area contributed by atoms with Gasteiger partial charge in [-0.3, -0.25) is 4.90 Å². The largest absolute Gasteiger partial charge is 0.377 e. The summed E-state index contributed by atoms with van der Waals surface area (Å²) in [5, 5.41) is 3.26. The molecule has 2 rings (SSSR count). The van der Waals surface area contributed by atoms with Crippen molar-refractivity contribution in [2.75, 3.05) is 51.6 Å². The minimum absolute atomic E-state index is 0.177. The Morgan fingerprint density at radius 3 is 2.60 bits per heavy atom. The summed E-state index contributed by atoms with van der Waals surface area (Å²) in [6.45, 7) is 5.24. The Hall–Kier alpha value is -0.210. The molecule has 20 heavy (non-hydrogen) atoms. The maximum atomic E-state index is 11.9. The minimum Gasteiger partial charge on any atom is -0.377 e. The number of rotatable bonds is 8. The first-order valence-corrected chi connectivity index (χ1v) is 9.33. The number of nitrogens with zero attached hydrogens (tertiary/aromatic N) is 1. The summed E-state index contributed by atoms with van der Waals surface area (Å²) >= 11 is 0. The van der Waals surface area contributed by atoms with Crippen molar-refractivity contribution in [3.05, 3.63) is 0 Å². The Morgan fingerprint density at radius 2 is 1.90 bits per heavy atom. The third kappa shape index (κ3) is 6.05. The smallest absolute Gasteiger partial charge is 0.212 e. The van der Waals surface area contributed by atoms with Crippen molar-refractivity contribution < 1.29 is 13.2 Å². The van der Waals surface area contributed by atoms with Gasteiger partial charge in [0.25, 0.3) is 0 Å². The van der Waals surface area contributed by atoms with Gasteiger partial charge in [0.1, 0.15) is 0 Å². The quantitative estimate of drug-likeness (QED) is 0.606. The Kier molecular flexibility index (Phi) is 6.70. The number of piperazine rings is 1. The van der Waals surface area contributed by atoms with Crippen LogP contribution in [0.25, 0.3) is 0 Å². The topological polar surface area (TPSA) is 70.7 Å². The monoisotopic (exact) mass is 305 g/mol. The predicted octanol–water partition coefficient (Wildman–Crippen LogP) is -0.230. The third-order valence-electron chi connectivity index (χ3n) is 3.97. The van der Waals surface area contributed by atoms with Crippen molar-refractivity contribution in [1.29, 1.82) is 0 Å². The van der Waals surface area contributed by atoms with E-state index in [9.17, 15) is 8.42 Å². The van der Waals surface area contributed by atoms with Gasteiger partial charge in [0.05, 0.1) is 18.5 Å². The molecule has 1 saturated heterocycles. The summed E-state index contributed by atoms with van der Waals surface area (Å²) in [5.41, 5.74) is 0. The molecular weight excluding hydrogens is 278 g/mol. The van der Waals surface area contributed by atoms with Gasteiger partial charge in [0, 0.05) is 39.3 Å². The van der Waals surface area contributed by atoms with E-state index in [1.54, 1.807) is 0 Å². The first kappa shape index (κ1) is 16.2. The Balaban J connectivity index is 1.55. The van der Waals surface area contributed by atoms with E-state index < -0.39 is 10.0 Å². The van der Waals surface area contributed by atoms with E-state index in [-0.39, 0.29) is 5.75 Å². The molecule has 0 radical (unpaired) electrons. The highest BCUT2D eigenvalue weighted by Gasteiger charge is 2.17. The zero-order chi connectivity index (χ0) is 14.3. The standard InChI is InChI=1S/C13H27N3O3S/c17-20(18,12-10-16-8-5-14-6-9-16)15-7-11-19-13-3-1-2-4-13/h13-15H,1-12H2. The van der Waals surface area contributed by atoms with Crippen LogP contribution >= 0.6 is 0 Å². The molecular formula is C13H27N3O3S. The van der Waals surface area contributed by atoms with E-state index in [2.05, 4.69) is 14.9 Å². The molecule has 0 aromatic carbocycles. The molecule has 1 saturated carbocycles. The van der Waals surface area contributed by atoms with E-state index in [0.717, 1.165) is 39.0 Å². The zero-order valence-electron chi connectivity index (χ0n) is 12.1. The molecule has 2 fully saturated rings. The lowest BCUT2D eigenvalue weighted by molar-refractivity contribution is 0.0626. The van der Waals surface area contributed by atoms with Crippen LogP contribution in [-0.2, 0) is 14.8 Å². The molecule has 1 heterocycles. The molecule has 2 N–H and O–H groups in total. The lowest BCUT2D eigenvalue weighted by Gasteiger charge is -2.26. The molecule has 0 bridgehead atoms. The van der Waals surface area contributed by atoms with Crippen LogP contribution in [0.5, 0.6) is 0 Å². The average Bonchev–Trinajstić information content (AvgIpc) is 2.96. The van der Waals surface area contributed by atoms with Gasteiger partial charge in [-0.25, -0.2) is 13.1 Å². The van der Waals surface area contributed by atoms with Crippen LogP contribution in [0.4, 0.5) is 0 Å². The second-order valence-electron chi connectivity index (χ2n) is 5.58. The summed E-state index contributed by atoms with van der Waals surface area (Å²) in [4.78, 5) is 2.19. The number of sulfonamides is 1. The Bertz CT molecular complexity index is 363. The molecule has 0 spiro atoms. The summed E-state index contributed by atoms with van der Waals surface area (Å²) in [5.74, 6) is 0.177. The molecule has 7 heteroatoms. The second kappa shape index (κ2) is 8.29. The van der Waals surface area contributed by atoms with Crippen molar-refractivity contribution in [1.82, 2.24) is 14.9 Å². The van der Waals surface area contributed by atoms with Gasteiger partial charge < -0.3 is 10.1 Å². The maximum Gasteiger partial charge on any atom is 0.212 e. The molecule has 0 amide bonds. The molecule has 0 aromatic heterocycles. The van der Waals surface area contributed by atoms with Crippen LogP contribution in [0.1, 0.15) is 25.7 Å². The highest BCUT2D eigenvalue weighted by atomic mass is 32.2. The Morgan fingerprint density at radius 1 is 1.20 bits per heavy atom. The number of hydrogen-bond donors (Lipinski definition) is 2. The zero-order valence-corrected chi connectivity index (χ0v) is 13.0.